The molecule has 1 heterocycles. The molecule has 1 saturated carbocycles. The molecule has 0 amide bonds. The van der Waals surface area contributed by atoms with E-state index in [2.05, 4.69) is 6.92 Å². The Bertz CT molecular complexity index is 462. The van der Waals surface area contributed by atoms with Gasteiger partial charge in [0, 0.05) is 5.92 Å². The van der Waals surface area contributed by atoms with Gasteiger partial charge in [0.05, 0.1) is 6.26 Å². The summed E-state index contributed by atoms with van der Waals surface area (Å²) in [5.41, 5.74) is -1.64. The average Bonchev–Trinajstić information content (AvgIpc) is 3.26. The Morgan fingerprint density at radius 1 is 1.39 bits per heavy atom. The third-order valence-corrected chi connectivity index (χ3v) is 5.01. The molecule has 0 saturated heterocycles. The number of ether oxygens (including phenoxy) is 1. The van der Waals surface area contributed by atoms with E-state index in [1.807, 2.05) is 6.92 Å². The van der Waals surface area contributed by atoms with Gasteiger partial charge in [0.25, 0.3) is 0 Å². The van der Waals surface area contributed by atoms with Crippen LogP contribution in [0.5, 0.6) is 0 Å². The predicted molar refractivity (Wildman–Crippen MR) is 88.9 cm³/mol. The van der Waals surface area contributed by atoms with E-state index in [4.69, 9.17) is 9.15 Å². The van der Waals surface area contributed by atoms with Gasteiger partial charge >= 0.3 is 5.97 Å². The zero-order valence-electron chi connectivity index (χ0n) is 14.4. The fourth-order valence-electron chi connectivity index (χ4n) is 3.52. The van der Waals surface area contributed by atoms with Gasteiger partial charge in [-0.05, 0) is 44.2 Å². The minimum absolute atomic E-state index is 0.116. The first-order chi connectivity index (χ1) is 11.1. The third kappa shape index (κ3) is 4.17. The van der Waals surface area contributed by atoms with Gasteiger partial charge < -0.3 is 14.3 Å². The fraction of sp³-hybridized carbons (Fsp3) is 0.737. The number of esters is 1. The molecule has 130 valence electrons. The van der Waals surface area contributed by atoms with Crippen LogP contribution in [-0.2, 0) is 15.1 Å². The number of carbonyl (C=O) groups excluding carboxylic acids is 1. The van der Waals surface area contributed by atoms with Crippen molar-refractivity contribution in [3.8, 4) is 0 Å². The number of aliphatic hydroxyl groups is 1. The molecular weight excluding hydrogens is 292 g/mol. The number of rotatable bonds is 9. The van der Waals surface area contributed by atoms with Gasteiger partial charge in [-0.15, -0.1) is 0 Å². The van der Waals surface area contributed by atoms with Crippen LogP contribution >= 0.6 is 0 Å². The van der Waals surface area contributed by atoms with Crippen molar-refractivity contribution in [1.29, 1.82) is 0 Å². The third-order valence-electron chi connectivity index (χ3n) is 5.01. The van der Waals surface area contributed by atoms with Crippen molar-refractivity contribution >= 4 is 5.97 Å². The van der Waals surface area contributed by atoms with E-state index in [1.54, 1.807) is 12.1 Å². The molecule has 1 aliphatic carbocycles. The van der Waals surface area contributed by atoms with Crippen LogP contribution < -0.4 is 0 Å². The molecular formula is C19H30O4. The molecule has 1 fully saturated rings. The van der Waals surface area contributed by atoms with Crippen LogP contribution in [0.2, 0.25) is 0 Å². The molecule has 0 aromatic carbocycles. The van der Waals surface area contributed by atoms with Crippen molar-refractivity contribution in [2.45, 2.75) is 83.3 Å². The molecule has 23 heavy (non-hydrogen) atoms. The molecule has 0 aliphatic heterocycles. The summed E-state index contributed by atoms with van der Waals surface area (Å²) < 4.78 is 11.1. The highest BCUT2D eigenvalue weighted by atomic mass is 16.6. The quantitative estimate of drug-likeness (QED) is 0.535. The predicted octanol–water partition coefficient (Wildman–Crippen LogP) is 4.56. The second-order valence-corrected chi connectivity index (χ2v) is 6.66. The van der Waals surface area contributed by atoms with Crippen molar-refractivity contribution < 1.29 is 19.1 Å². The fourth-order valence-corrected chi connectivity index (χ4v) is 3.52. The summed E-state index contributed by atoms with van der Waals surface area (Å²) in [6, 6.07) is 3.39. The SMILES string of the molecule is CCCCCC(CC)OC(=O)[C@@](O)(c1ccco1)C1CCCC1. The summed E-state index contributed by atoms with van der Waals surface area (Å²) in [5, 5.41) is 11.2. The zero-order valence-corrected chi connectivity index (χ0v) is 14.4. The largest absolute Gasteiger partial charge is 0.466 e. The van der Waals surface area contributed by atoms with Gasteiger partial charge in [-0.1, -0.05) is 39.5 Å². The first-order valence-corrected chi connectivity index (χ1v) is 9.10. The zero-order chi connectivity index (χ0) is 16.7. The van der Waals surface area contributed by atoms with Crippen LogP contribution in [0.25, 0.3) is 0 Å². The molecule has 2 rings (SSSR count). The van der Waals surface area contributed by atoms with Gasteiger partial charge in [0.1, 0.15) is 11.9 Å². The normalized spacial score (nSPS) is 19.4. The number of hydrogen-bond donors (Lipinski definition) is 1. The van der Waals surface area contributed by atoms with Gasteiger partial charge in [0.2, 0.25) is 5.60 Å². The Morgan fingerprint density at radius 2 is 2.13 bits per heavy atom. The first kappa shape index (κ1) is 18.1. The number of carbonyl (C=O) groups is 1. The molecule has 0 bridgehead atoms. The van der Waals surface area contributed by atoms with E-state index in [9.17, 15) is 9.90 Å². The van der Waals surface area contributed by atoms with E-state index in [0.29, 0.717) is 5.76 Å². The lowest BCUT2D eigenvalue weighted by Gasteiger charge is -2.31. The topological polar surface area (TPSA) is 59.7 Å². The second kappa shape index (κ2) is 8.53. The number of unbranched alkanes of at least 4 members (excludes halogenated alkanes) is 2. The Balaban J connectivity index is 2.10. The maximum absolute atomic E-state index is 12.8. The van der Waals surface area contributed by atoms with Crippen molar-refractivity contribution in [3.05, 3.63) is 24.2 Å². The lowest BCUT2D eigenvalue weighted by atomic mass is 9.83. The summed E-state index contributed by atoms with van der Waals surface area (Å²) in [5.74, 6) is -0.338. The van der Waals surface area contributed by atoms with E-state index in [-0.39, 0.29) is 12.0 Å². The van der Waals surface area contributed by atoms with E-state index < -0.39 is 11.6 Å². The molecule has 2 atom stereocenters. The van der Waals surface area contributed by atoms with Crippen molar-refractivity contribution in [2.75, 3.05) is 0 Å². The first-order valence-electron chi connectivity index (χ1n) is 9.10. The molecule has 0 spiro atoms. The molecule has 4 heteroatoms. The highest BCUT2D eigenvalue weighted by Gasteiger charge is 2.50. The summed E-state index contributed by atoms with van der Waals surface area (Å²) in [7, 11) is 0. The molecule has 0 radical (unpaired) electrons. The highest BCUT2D eigenvalue weighted by molar-refractivity contribution is 5.81. The minimum atomic E-state index is -1.64. The average molecular weight is 322 g/mol. The molecule has 1 aliphatic rings. The lowest BCUT2D eigenvalue weighted by Crippen LogP contribution is -2.44. The molecule has 1 N–H and O–H groups in total. The molecule has 1 aromatic heterocycles. The molecule has 1 unspecified atom stereocenters. The maximum atomic E-state index is 12.8. The Labute approximate surface area is 139 Å². The van der Waals surface area contributed by atoms with E-state index in [1.165, 1.54) is 6.26 Å². The van der Waals surface area contributed by atoms with Crippen molar-refractivity contribution in [2.24, 2.45) is 5.92 Å². The summed E-state index contributed by atoms with van der Waals surface area (Å²) >= 11 is 0. The van der Waals surface area contributed by atoms with Crippen LogP contribution in [0.3, 0.4) is 0 Å². The van der Waals surface area contributed by atoms with Gasteiger partial charge in [-0.25, -0.2) is 4.79 Å². The lowest BCUT2D eigenvalue weighted by molar-refractivity contribution is -0.182. The number of hydrogen-bond acceptors (Lipinski definition) is 4. The van der Waals surface area contributed by atoms with Crippen LogP contribution in [0.1, 0.15) is 77.4 Å². The van der Waals surface area contributed by atoms with Gasteiger partial charge in [0.15, 0.2) is 0 Å². The summed E-state index contributed by atoms with van der Waals surface area (Å²) in [6.45, 7) is 4.17. The standard InChI is InChI=1S/C19H30O4/c1-3-5-6-12-16(4-2)23-18(20)19(21,15-10-7-8-11-15)17-13-9-14-22-17/h9,13-16,21H,3-8,10-12H2,1-2H3/t16?,19-/m0/s1. The summed E-state index contributed by atoms with van der Waals surface area (Å²) in [6.07, 6.45) is 10.1. The monoisotopic (exact) mass is 322 g/mol. The van der Waals surface area contributed by atoms with Crippen molar-refractivity contribution in [1.82, 2.24) is 0 Å². The Kier molecular flexibility index (Phi) is 6.70. The van der Waals surface area contributed by atoms with Gasteiger partial charge in [-0.3, -0.25) is 0 Å². The Morgan fingerprint density at radius 3 is 2.70 bits per heavy atom. The van der Waals surface area contributed by atoms with Gasteiger partial charge in [-0.2, -0.15) is 0 Å². The second-order valence-electron chi connectivity index (χ2n) is 6.66. The molecule has 1 aromatic rings. The Hall–Kier alpha value is -1.29. The van der Waals surface area contributed by atoms with Crippen LogP contribution in [0, 0.1) is 5.92 Å². The maximum Gasteiger partial charge on any atom is 0.346 e. The number of furan rings is 1. The van der Waals surface area contributed by atoms with E-state index >= 15 is 0 Å². The smallest absolute Gasteiger partial charge is 0.346 e. The van der Waals surface area contributed by atoms with Crippen molar-refractivity contribution in [3.63, 3.8) is 0 Å². The molecule has 4 nitrogen and oxygen atoms in total. The van der Waals surface area contributed by atoms with Crippen LogP contribution in [0.15, 0.2) is 22.8 Å². The van der Waals surface area contributed by atoms with E-state index in [0.717, 1.165) is 57.8 Å². The minimum Gasteiger partial charge on any atom is -0.466 e. The summed E-state index contributed by atoms with van der Waals surface area (Å²) in [4.78, 5) is 12.8. The van der Waals surface area contributed by atoms with Crippen LogP contribution in [-0.4, -0.2) is 17.2 Å². The van der Waals surface area contributed by atoms with Crippen LogP contribution in [0.4, 0.5) is 0 Å². The highest BCUT2D eigenvalue weighted by Crippen LogP contribution is 2.42.